The largest absolute Gasteiger partial charge is 0.416 e. The van der Waals surface area contributed by atoms with E-state index in [-0.39, 0.29) is 34.4 Å². The number of alkyl halides is 3. The number of carbonyl (C=O) groups is 2. The van der Waals surface area contributed by atoms with Gasteiger partial charge in [-0.3, -0.25) is 14.6 Å². The summed E-state index contributed by atoms with van der Waals surface area (Å²) < 4.78 is 68.2. The third-order valence-electron chi connectivity index (χ3n) is 6.01. The Hall–Kier alpha value is -3.31. The summed E-state index contributed by atoms with van der Waals surface area (Å²) in [6, 6.07) is 9.92. The topological polar surface area (TPSA) is 102 Å². The number of benzene rings is 2. The van der Waals surface area contributed by atoms with Crippen LogP contribution in [0.5, 0.6) is 0 Å². The lowest BCUT2D eigenvalue weighted by Gasteiger charge is -2.26. The van der Waals surface area contributed by atoms with Crippen LogP contribution in [0.4, 0.5) is 13.2 Å². The van der Waals surface area contributed by atoms with Gasteiger partial charge in [-0.25, -0.2) is 8.42 Å². The van der Waals surface area contributed by atoms with Crippen LogP contribution in [0.1, 0.15) is 42.5 Å². The first-order chi connectivity index (χ1) is 17.2. The fraction of sp³-hybridized carbons (Fsp3) is 0.346. The van der Waals surface area contributed by atoms with E-state index in [0.29, 0.717) is 5.56 Å². The number of carbonyl (C=O) groups excluding carboxylic acids is 2. The highest BCUT2D eigenvalue weighted by Gasteiger charge is 2.34. The van der Waals surface area contributed by atoms with Gasteiger partial charge in [0, 0.05) is 31.1 Å². The monoisotopic (exact) mass is 536 g/mol. The molecular formula is C26H27F3N2O5S. The molecule has 0 aromatic heterocycles. The first-order valence-corrected chi connectivity index (χ1v) is 13.2. The van der Waals surface area contributed by atoms with E-state index < -0.39 is 45.2 Å². The number of hydrogen-bond acceptors (Lipinski definition) is 6. The Bertz CT molecular complexity index is 1350. The Balaban J connectivity index is 1.86. The van der Waals surface area contributed by atoms with Crippen molar-refractivity contribution in [2.75, 3.05) is 20.0 Å². The molecule has 0 radical (unpaired) electrons. The molecule has 1 aliphatic heterocycles. The van der Waals surface area contributed by atoms with E-state index in [2.05, 4.69) is 10.3 Å². The number of sulfone groups is 1. The van der Waals surface area contributed by atoms with Crippen LogP contribution in [0.15, 0.2) is 70.2 Å². The highest BCUT2D eigenvalue weighted by atomic mass is 32.2. The number of aliphatic imine (C=N–C) groups is 1. The summed E-state index contributed by atoms with van der Waals surface area (Å²) in [5.74, 6) is -2.49. The van der Waals surface area contributed by atoms with Crippen molar-refractivity contribution < 1.29 is 35.9 Å². The first-order valence-electron chi connectivity index (χ1n) is 11.3. The summed E-state index contributed by atoms with van der Waals surface area (Å²) in [6.45, 7) is 3.59. The number of ether oxygens (including phenoxy) is 1. The summed E-state index contributed by atoms with van der Waals surface area (Å²) in [7, 11) is -1.90. The van der Waals surface area contributed by atoms with Crippen molar-refractivity contribution in [1.82, 2.24) is 5.32 Å². The lowest BCUT2D eigenvalue weighted by molar-refractivity contribution is -0.137. The number of methoxy groups -OCH3 is 1. The van der Waals surface area contributed by atoms with Gasteiger partial charge in [-0.05, 0) is 36.2 Å². The quantitative estimate of drug-likeness (QED) is 0.543. The van der Waals surface area contributed by atoms with Gasteiger partial charge in [-0.15, -0.1) is 0 Å². The minimum Gasteiger partial charge on any atom is -0.384 e. The van der Waals surface area contributed by atoms with Gasteiger partial charge < -0.3 is 10.1 Å². The molecule has 1 aliphatic rings. The van der Waals surface area contributed by atoms with E-state index in [0.717, 1.165) is 24.5 Å². The Morgan fingerprint density at radius 2 is 1.81 bits per heavy atom. The molecule has 0 fully saturated rings. The molecule has 1 heterocycles. The maximum Gasteiger partial charge on any atom is 0.416 e. The maximum absolute atomic E-state index is 13.1. The van der Waals surface area contributed by atoms with Crippen molar-refractivity contribution in [2.24, 2.45) is 10.9 Å². The van der Waals surface area contributed by atoms with Crippen LogP contribution in [-0.4, -0.2) is 45.8 Å². The molecule has 0 saturated carbocycles. The number of ketones is 1. The van der Waals surface area contributed by atoms with E-state index in [1.165, 1.54) is 38.3 Å². The standard InChI is InChI=1S/C26H27F3N2O5S/c1-15(14-36-3)24(17-8-10-20(11-9-17)37(4,34)35)31-25(33)21-13-22(32)23(16(2)30-21)18-6-5-7-19(12-18)26(27,28)29/h5-13,15,23-24H,14H2,1-4H3,(H,31,33)/t15?,23?,24-/m1/s1. The summed E-state index contributed by atoms with van der Waals surface area (Å²) >= 11 is 0. The van der Waals surface area contributed by atoms with Crippen LogP contribution in [0.3, 0.4) is 0 Å². The normalized spacial score (nSPS) is 18.0. The fourth-order valence-corrected chi connectivity index (χ4v) is 4.81. The van der Waals surface area contributed by atoms with E-state index in [9.17, 15) is 31.2 Å². The smallest absolute Gasteiger partial charge is 0.384 e. The number of allylic oxidation sites excluding steroid dienone is 1. The molecule has 198 valence electrons. The van der Waals surface area contributed by atoms with Crippen LogP contribution >= 0.6 is 0 Å². The van der Waals surface area contributed by atoms with E-state index in [1.807, 2.05) is 6.92 Å². The second kappa shape index (κ2) is 11.0. The number of hydrogen-bond donors (Lipinski definition) is 1. The van der Waals surface area contributed by atoms with Crippen LogP contribution in [-0.2, 0) is 30.3 Å². The number of nitrogens with zero attached hydrogens (tertiary/aromatic N) is 1. The summed E-state index contributed by atoms with van der Waals surface area (Å²) in [5.41, 5.74) is -0.107. The molecule has 11 heteroatoms. The molecule has 0 bridgehead atoms. The second-order valence-electron chi connectivity index (χ2n) is 8.97. The van der Waals surface area contributed by atoms with Crippen molar-refractivity contribution in [1.29, 1.82) is 0 Å². The number of halogens is 3. The zero-order valence-electron chi connectivity index (χ0n) is 20.7. The highest BCUT2D eigenvalue weighted by molar-refractivity contribution is 7.90. The fourth-order valence-electron chi connectivity index (χ4n) is 4.18. The molecule has 1 amide bonds. The van der Waals surface area contributed by atoms with Gasteiger partial charge in [-0.2, -0.15) is 13.2 Å². The third-order valence-corrected chi connectivity index (χ3v) is 7.14. The van der Waals surface area contributed by atoms with Crippen LogP contribution in [0, 0.1) is 5.92 Å². The molecular weight excluding hydrogens is 509 g/mol. The minimum atomic E-state index is -4.56. The SMILES string of the molecule is COCC(C)[C@@H](NC(=O)C1=CC(=O)C(c2cccc(C(F)(F)F)c2)C(C)=N1)c1ccc(S(C)(=O)=O)cc1. The summed E-state index contributed by atoms with van der Waals surface area (Å²) in [6.07, 6.45) is -2.44. The lowest BCUT2D eigenvalue weighted by Crippen LogP contribution is -2.36. The predicted molar refractivity (Wildman–Crippen MR) is 132 cm³/mol. The third kappa shape index (κ3) is 6.72. The maximum atomic E-state index is 13.1. The van der Waals surface area contributed by atoms with Crippen molar-refractivity contribution in [3.05, 3.63) is 77.0 Å². The van der Waals surface area contributed by atoms with Crippen molar-refractivity contribution in [2.45, 2.75) is 36.9 Å². The number of rotatable bonds is 8. The Labute approximate surface area is 213 Å². The molecule has 0 spiro atoms. The Kier molecular flexibility index (Phi) is 8.38. The Morgan fingerprint density at radius 3 is 2.35 bits per heavy atom. The second-order valence-corrected chi connectivity index (χ2v) is 11.0. The van der Waals surface area contributed by atoms with Crippen LogP contribution in [0.25, 0.3) is 0 Å². The molecule has 2 aromatic carbocycles. The lowest BCUT2D eigenvalue weighted by atomic mass is 9.87. The summed E-state index contributed by atoms with van der Waals surface area (Å²) in [4.78, 5) is 30.4. The van der Waals surface area contributed by atoms with Crippen molar-refractivity contribution in [3.63, 3.8) is 0 Å². The average molecular weight is 537 g/mol. The molecule has 7 nitrogen and oxygen atoms in total. The molecule has 3 rings (SSSR count). The zero-order chi connectivity index (χ0) is 27.5. The van der Waals surface area contributed by atoms with Gasteiger partial charge >= 0.3 is 6.18 Å². The Morgan fingerprint density at radius 1 is 1.16 bits per heavy atom. The van der Waals surface area contributed by atoms with Gasteiger partial charge in [-0.1, -0.05) is 37.3 Å². The van der Waals surface area contributed by atoms with E-state index in [1.54, 1.807) is 12.1 Å². The highest BCUT2D eigenvalue weighted by Crippen LogP contribution is 2.33. The predicted octanol–water partition coefficient (Wildman–Crippen LogP) is 4.26. The molecule has 0 saturated heterocycles. The van der Waals surface area contributed by atoms with Gasteiger partial charge in [0.15, 0.2) is 15.6 Å². The number of nitrogens with one attached hydrogen (secondary N) is 1. The molecule has 1 N–H and O–H groups in total. The van der Waals surface area contributed by atoms with E-state index in [4.69, 9.17) is 4.74 Å². The minimum absolute atomic E-state index is 0.127. The molecule has 0 aliphatic carbocycles. The molecule has 2 unspecified atom stereocenters. The molecule has 37 heavy (non-hydrogen) atoms. The number of amides is 1. The van der Waals surface area contributed by atoms with Gasteiger partial charge in [0.2, 0.25) is 0 Å². The van der Waals surface area contributed by atoms with Gasteiger partial charge in [0.05, 0.1) is 29.0 Å². The zero-order valence-corrected chi connectivity index (χ0v) is 21.5. The molecule has 3 atom stereocenters. The van der Waals surface area contributed by atoms with Crippen molar-refractivity contribution in [3.8, 4) is 0 Å². The van der Waals surface area contributed by atoms with E-state index >= 15 is 0 Å². The van der Waals surface area contributed by atoms with Gasteiger partial charge in [0.25, 0.3) is 5.91 Å². The van der Waals surface area contributed by atoms with Gasteiger partial charge in [0.1, 0.15) is 5.70 Å². The van der Waals surface area contributed by atoms with Crippen LogP contribution < -0.4 is 5.32 Å². The average Bonchev–Trinajstić information content (AvgIpc) is 2.81. The van der Waals surface area contributed by atoms with Crippen LogP contribution in [0.2, 0.25) is 0 Å². The van der Waals surface area contributed by atoms with Crippen molar-refractivity contribution >= 4 is 27.2 Å². The summed E-state index contributed by atoms with van der Waals surface area (Å²) in [5, 5.41) is 2.83. The first kappa shape index (κ1) is 28.3. The molecule has 2 aromatic rings.